The van der Waals surface area contributed by atoms with E-state index in [9.17, 15) is 13.2 Å². The number of nitrogens with one attached hydrogen (secondary N) is 2. The lowest BCUT2D eigenvalue weighted by atomic mass is 10.2. The Morgan fingerprint density at radius 2 is 1.79 bits per heavy atom. The highest BCUT2D eigenvalue weighted by molar-refractivity contribution is 7.89. The van der Waals surface area contributed by atoms with Crippen LogP contribution in [0.3, 0.4) is 0 Å². The molecule has 2 N–H and O–H groups in total. The SMILES string of the molecule is COCCNC(=O)c1ccc(S(=O)(=O)NCc2ccncc2)cc1. The van der Waals surface area contributed by atoms with Crippen molar-refractivity contribution in [3.05, 3.63) is 59.9 Å². The van der Waals surface area contributed by atoms with Crippen LogP contribution in [0.1, 0.15) is 15.9 Å². The number of rotatable bonds is 8. The molecule has 8 heteroatoms. The smallest absolute Gasteiger partial charge is 0.251 e. The lowest BCUT2D eigenvalue weighted by molar-refractivity contribution is 0.0937. The summed E-state index contributed by atoms with van der Waals surface area (Å²) in [5, 5.41) is 2.67. The highest BCUT2D eigenvalue weighted by Crippen LogP contribution is 2.11. The summed E-state index contributed by atoms with van der Waals surface area (Å²) in [6, 6.07) is 9.22. The molecule has 0 saturated heterocycles. The average Bonchev–Trinajstić information content (AvgIpc) is 2.61. The van der Waals surface area contributed by atoms with E-state index in [4.69, 9.17) is 4.74 Å². The molecule has 2 aromatic rings. The molecule has 0 spiro atoms. The zero-order valence-corrected chi connectivity index (χ0v) is 14.0. The van der Waals surface area contributed by atoms with Crippen molar-refractivity contribution in [2.24, 2.45) is 0 Å². The van der Waals surface area contributed by atoms with E-state index in [2.05, 4.69) is 15.0 Å². The van der Waals surface area contributed by atoms with E-state index in [-0.39, 0.29) is 17.3 Å². The van der Waals surface area contributed by atoms with Crippen LogP contribution in [-0.2, 0) is 21.3 Å². The third-order valence-electron chi connectivity index (χ3n) is 3.23. The van der Waals surface area contributed by atoms with Gasteiger partial charge < -0.3 is 10.1 Å². The third kappa shape index (κ3) is 5.12. The minimum absolute atomic E-state index is 0.102. The number of aromatic nitrogens is 1. The summed E-state index contributed by atoms with van der Waals surface area (Å²) in [6.45, 7) is 0.976. The van der Waals surface area contributed by atoms with Gasteiger partial charge in [-0.15, -0.1) is 0 Å². The minimum Gasteiger partial charge on any atom is -0.383 e. The Balaban J connectivity index is 1.99. The summed E-state index contributed by atoms with van der Waals surface area (Å²) in [4.78, 5) is 15.8. The van der Waals surface area contributed by atoms with Gasteiger partial charge in [-0.25, -0.2) is 13.1 Å². The Kier molecular flexibility index (Phi) is 6.42. The molecule has 0 unspecified atom stereocenters. The van der Waals surface area contributed by atoms with E-state index in [0.29, 0.717) is 18.7 Å². The fraction of sp³-hybridized carbons (Fsp3) is 0.250. The number of ether oxygens (including phenoxy) is 1. The van der Waals surface area contributed by atoms with Gasteiger partial charge >= 0.3 is 0 Å². The van der Waals surface area contributed by atoms with Crippen molar-refractivity contribution in [3.8, 4) is 0 Å². The molecule has 2 rings (SSSR count). The first-order valence-corrected chi connectivity index (χ1v) is 8.77. The minimum atomic E-state index is -3.64. The Labute approximate surface area is 141 Å². The maximum absolute atomic E-state index is 12.3. The van der Waals surface area contributed by atoms with Gasteiger partial charge in [0.05, 0.1) is 11.5 Å². The second-order valence-electron chi connectivity index (χ2n) is 4.95. The lowest BCUT2D eigenvalue weighted by Crippen LogP contribution is -2.27. The quantitative estimate of drug-likeness (QED) is 0.691. The fourth-order valence-corrected chi connectivity index (χ4v) is 2.93. The van der Waals surface area contributed by atoms with Crippen LogP contribution in [0.15, 0.2) is 53.7 Å². The second kappa shape index (κ2) is 8.53. The van der Waals surface area contributed by atoms with Crippen LogP contribution < -0.4 is 10.0 Å². The van der Waals surface area contributed by atoms with Crippen LogP contribution >= 0.6 is 0 Å². The third-order valence-corrected chi connectivity index (χ3v) is 4.65. The van der Waals surface area contributed by atoms with Crippen LogP contribution in [0.2, 0.25) is 0 Å². The molecule has 0 radical (unpaired) electrons. The van der Waals surface area contributed by atoms with Crippen molar-refractivity contribution in [2.75, 3.05) is 20.3 Å². The van der Waals surface area contributed by atoms with Crippen LogP contribution in [0, 0.1) is 0 Å². The number of amides is 1. The van der Waals surface area contributed by atoms with Crippen molar-refractivity contribution in [2.45, 2.75) is 11.4 Å². The average molecular weight is 349 g/mol. The molecular weight excluding hydrogens is 330 g/mol. The molecule has 0 atom stereocenters. The monoisotopic (exact) mass is 349 g/mol. The number of hydrogen-bond acceptors (Lipinski definition) is 5. The number of hydrogen-bond donors (Lipinski definition) is 2. The van der Waals surface area contributed by atoms with Gasteiger partial charge in [-0.1, -0.05) is 0 Å². The van der Waals surface area contributed by atoms with E-state index >= 15 is 0 Å². The van der Waals surface area contributed by atoms with E-state index in [1.165, 1.54) is 24.3 Å². The van der Waals surface area contributed by atoms with Gasteiger partial charge in [0.1, 0.15) is 0 Å². The summed E-state index contributed by atoms with van der Waals surface area (Å²) in [5.74, 6) is -0.277. The fourth-order valence-electron chi connectivity index (χ4n) is 1.92. The highest BCUT2D eigenvalue weighted by Gasteiger charge is 2.14. The van der Waals surface area contributed by atoms with Gasteiger partial charge in [0.25, 0.3) is 5.91 Å². The second-order valence-corrected chi connectivity index (χ2v) is 6.72. The first-order chi connectivity index (χ1) is 11.5. The van der Waals surface area contributed by atoms with Crippen LogP contribution in [0.25, 0.3) is 0 Å². The molecule has 128 valence electrons. The molecule has 7 nitrogen and oxygen atoms in total. The van der Waals surface area contributed by atoms with E-state index < -0.39 is 10.0 Å². The molecule has 0 saturated carbocycles. The number of carbonyl (C=O) groups is 1. The van der Waals surface area contributed by atoms with E-state index in [1.54, 1.807) is 31.6 Å². The van der Waals surface area contributed by atoms with Crippen molar-refractivity contribution in [1.29, 1.82) is 0 Å². The topological polar surface area (TPSA) is 97.4 Å². The number of sulfonamides is 1. The summed E-state index contributed by atoms with van der Waals surface area (Å²) < 4.78 is 31.9. The maximum Gasteiger partial charge on any atom is 0.251 e. The molecule has 0 bridgehead atoms. The zero-order chi connectivity index (χ0) is 17.4. The first-order valence-electron chi connectivity index (χ1n) is 7.29. The lowest BCUT2D eigenvalue weighted by Gasteiger charge is -2.08. The van der Waals surface area contributed by atoms with Crippen molar-refractivity contribution in [3.63, 3.8) is 0 Å². The van der Waals surface area contributed by atoms with Crippen LogP contribution in [0.4, 0.5) is 0 Å². The molecule has 1 aromatic heterocycles. The van der Waals surface area contributed by atoms with Gasteiger partial charge in [0.15, 0.2) is 0 Å². The number of methoxy groups -OCH3 is 1. The van der Waals surface area contributed by atoms with Crippen LogP contribution in [0.5, 0.6) is 0 Å². The summed E-state index contributed by atoms with van der Waals surface area (Å²) in [5.41, 5.74) is 1.20. The predicted octanol–water partition coefficient (Wildman–Crippen LogP) is 0.936. The molecule has 1 heterocycles. The number of carbonyl (C=O) groups excluding carboxylic acids is 1. The van der Waals surface area contributed by atoms with E-state index in [0.717, 1.165) is 5.56 Å². The largest absolute Gasteiger partial charge is 0.383 e. The van der Waals surface area contributed by atoms with Crippen LogP contribution in [-0.4, -0.2) is 39.6 Å². The van der Waals surface area contributed by atoms with E-state index in [1.807, 2.05) is 0 Å². The van der Waals surface area contributed by atoms with Crippen molar-refractivity contribution < 1.29 is 17.9 Å². The van der Waals surface area contributed by atoms with Crippen molar-refractivity contribution in [1.82, 2.24) is 15.0 Å². The molecule has 0 aliphatic rings. The first kappa shape index (κ1) is 18.1. The summed E-state index contributed by atoms with van der Waals surface area (Å²) in [7, 11) is -2.10. The summed E-state index contributed by atoms with van der Waals surface area (Å²) in [6.07, 6.45) is 3.20. The van der Waals surface area contributed by atoms with Crippen molar-refractivity contribution >= 4 is 15.9 Å². The van der Waals surface area contributed by atoms with Gasteiger partial charge in [-0.3, -0.25) is 9.78 Å². The maximum atomic E-state index is 12.3. The van der Waals surface area contributed by atoms with Gasteiger partial charge in [0, 0.05) is 38.2 Å². The number of pyridine rings is 1. The zero-order valence-electron chi connectivity index (χ0n) is 13.2. The molecule has 24 heavy (non-hydrogen) atoms. The molecular formula is C16H19N3O4S. The van der Waals surface area contributed by atoms with Gasteiger partial charge in [-0.05, 0) is 42.0 Å². The normalized spacial score (nSPS) is 11.2. The predicted molar refractivity (Wildman–Crippen MR) is 88.9 cm³/mol. The Bertz CT molecular complexity index is 762. The number of nitrogens with zero attached hydrogens (tertiary/aromatic N) is 1. The number of benzene rings is 1. The molecule has 0 aliphatic heterocycles. The molecule has 1 aromatic carbocycles. The molecule has 1 amide bonds. The Morgan fingerprint density at radius 1 is 1.12 bits per heavy atom. The summed E-state index contributed by atoms with van der Waals surface area (Å²) >= 11 is 0. The highest BCUT2D eigenvalue weighted by atomic mass is 32.2. The Hall–Kier alpha value is -2.29. The Morgan fingerprint density at radius 3 is 2.42 bits per heavy atom. The molecule has 0 aliphatic carbocycles. The van der Waals surface area contributed by atoms with Gasteiger partial charge in [-0.2, -0.15) is 0 Å². The van der Waals surface area contributed by atoms with Gasteiger partial charge in [0.2, 0.25) is 10.0 Å². The molecule has 0 fully saturated rings. The standard InChI is InChI=1S/C16H19N3O4S/c1-23-11-10-18-16(20)14-2-4-15(5-3-14)24(21,22)19-12-13-6-8-17-9-7-13/h2-9,19H,10-12H2,1H3,(H,18,20).